The number of carbonyl (C=O) groups excluding carboxylic acids is 1. The molecule has 1 aromatic carbocycles. The first-order valence-corrected chi connectivity index (χ1v) is 9.38. The Hall–Kier alpha value is -2.97. The molecule has 2 rings (SSSR count). The Bertz CT molecular complexity index is 711. The number of likely N-dealkylation sites (tertiary alicyclic amines) is 1. The third-order valence-corrected chi connectivity index (χ3v) is 4.22. The highest BCUT2D eigenvalue weighted by Gasteiger charge is 2.26. The first-order chi connectivity index (χ1) is 13.1. The van der Waals surface area contributed by atoms with Crippen molar-refractivity contribution in [2.45, 2.75) is 39.2 Å². The van der Waals surface area contributed by atoms with Gasteiger partial charge >= 0.3 is 6.09 Å². The van der Waals surface area contributed by atoms with Crippen LogP contribution in [-0.2, 0) is 4.74 Å². The molecule has 0 bridgehead atoms. The quantitative estimate of drug-likeness (QED) is 0.458. The van der Waals surface area contributed by atoms with Gasteiger partial charge in [0.2, 0.25) is 5.96 Å². The van der Waals surface area contributed by atoms with Gasteiger partial charge in [0.15, 0.2) is 5.96 Å². The number of carbonyl (C=O) groups is 1. The molecule has 0 atom stereocenters. The second-order valence-corrected chi connectivity index (χ2v) is 7.85. The molecule has 1 heterocycles. The van der Waals surface area contributed by atoms with Crippen LogP contribution >= 0.6 is 0 Å². The molecule has 1 fully saturated rings. The molecule has 0 spiro atoms. The summed E-state index contributed by atoms with van der Waals surface area (Å²) in [6, 6.07) is 7.53. The lowest BCUT2D eigenvalue weighted by Gasteiger charge is -2.33. The summed E-state index contributed by atoms with van der Waals surface area (Å²) in [7, 11) is 0. The summed E-state index contributed by atoms with van der Waals surface area (Å²) in [6.07, 6.45) is 1.67. The van der Waals surface area contributed by atoms with Crippen molar-refractivity contribution in [3.63, 3.8) is 0 Å². The van der Waals surface area contributed by atoms with Crippen LogP contribution in [0.1, 0.15) is 33.6 Å². The smallest absolute Gasteiger partial charge is 0.410 e. The predicted molar refractivity (Wildman–Crippen MR) is 113 cm³/mol. The Labute approximate surface area is 166 Å². The number of hydrogen-bond donors (Lipinski definition) is 4. The predicted octanol–water partition coefficient (Wildman–Crippen LogP) is 1.97. The van der Waals surface area contributed by atoms with Crippen molar-refractivity contribution >= 4 is 29.4 Å². The average molecular weight is 390 g/mol. The van der Waals surface area contributed by atoms with Crippen molar-refractivity contribution in [3.8, 4) is 0 Å². The minimum atomic E-state index is -0.459. The second kappa shape index (κ2) is 9.29. The van der Waals surface area contributed by atoms with E-state index in [0.29, 0.717) is 11.6 Å². The fraction of sp³-hybridized carbons (Fsp3) is 0.526. The van der Waals surface area contributed by atoms with Crippen LogP contribution in [0, 0.1) is 5.92 Å². The van der Waals surface area contributed by atoms with Gasteiger partial charge in [0.25, 0.3) is 0 Å². The Morgan fingerprint density at radius 3 is 2.32 bits per heavy atom. The SMILES string of the molecule is CC(C)(C)OC(=O)N1CCC(CNc2ccc(N=C(N)N=C(N)N)cc2)CC1. The van der Waals surface area contributed by atoms with Crippen LogP contribution in [0.5, 0.6) is 0 Å². The number of nitrogens with zero attached hydrogens (tertiary/aromatic N) is 3. The van der Waals surface area contributed by atoms with E-state index in [1.165, 1.54) is 0 Å². The molecule has 7 N–H and O–H groups in total. The second-order valence-electron chi connectivity index (χ2n) is 7.85. The van der Waals surface area contributed by atoms with E-state index in [2.05, 4.69) is 15.3 Å². The van der Waals surface area contributed by atoms with Crippen molar-refractivity contribution in [2.24, 2.45) is 33.1 Å². The van der Waals surface area contributed by atoms with Crippen molar-refractivity contribution in [3.05, 3.63) is 24.3 Å². The van der Waals surface area contributed by atoms with E-state index >= 15 is 0 Å². The van der Waals surface area contributed by atoms with Gasteiger partial charge in [-0.15, -0.1) is 0 Å². The molecule has 1 aliphatic heterocycles. The largest absolute Gasteiger partial charge is 0.444 e. The van der Waals surface area contributed by atoms with Crippen LogP contribution in [-0.4, -0.2) is 48.1 Å². The minimum Gasteiger partial charge on any atom is -0.444 e. The van der Waals surface area contributed by atoms with Crippen LogP contribution < -0.4 is 22.5 Å². The highest BCUT2D eigenvalue weighted by molar-refractivity contribution is 5.93. The average Bonchev–Trinajstić information content (AvgIpc) is 2.59. The molecule has 0 aliphatic carbocycles. The zero-order valence-electron chi connectivity index (χ0n) is 16.8. The summed E-state index contributed by atoms with van der Waals surface area (Å²) < 4.78 is 5.43. The van der Waals surface area contributed by atoms with Gasteiger partial charge in [-0.05, 0) is 63.8 Å². The number of rotatable bonds is 4. The van der Waals surface area contributed by atoms with Gasteiger partial charge < -0.3 is 32.2 Å². The van der Waals surface area contributed by atoms with E-state index in [0.717, 1.165) is 38.2 Å². The summed E-state index contributed by atoms with van der Waals surface area (Å²) in [5, 5.41) is 3.43. The summed E-state index contributed by atoms with van der Waals surface area (Å²) in [4.78, 5) is 21.7. The van der Waals surface area contributed by atoms with E-state index in [9.17, 15) is 4.79 Å². The first kappa shape index (κ1) is 21.3. The molecule has 0 radical (unpaired) electrons. The molecule has 0 saturated carbocycles. The Morgan fingerprint density at radius 2 is 1.79 bits per heavy atom. The van der Waals surface area contributed by atoms with Crippen molar-refractivity contribution in [1.82, 2.24) is 4.90 Å². The van der Waals surface area contributed by atoms with Crippen LogP contribution in [0.3, 0.4) is 0 Å². The van der Waals surface area contributed by atoms with Crippen LogP contribution in [0.15, 0.2) is 34.3 Å². The molecule has 9 heteroatoms. The number of nitrogens with two attached hydrogens (primary N) is 3. The molecule has 9 nitrogen and oxygen atoms in total. The van der Waals surface area contributed by atoms with Gasteiger partial charge in [-0.3, -0.25) is 0 Å². The van der Waals surface area contributed by atoms with Crippen LogP contribution in [0.25, 0.3) is 0 Å². The molecule has 0 unspecified atom stereocenters. The van der Waals surface area contributed by atoms with Gasteiger partial charge in [0.05, 0.1) is 5.69 Å². The third-order valence-electron chi connectivity index (χ3n) is 4.22. The van der Waals surface area contributed by atoms with Crippen LogP contribution in [0.2, 0.25) is 0 Å². The Morgan fingerprint density at radius 1 is 1.18 bits per heavy atom. The maximum atomic E-state index is 12.1. The molecule has 28 heavy (non-hydrogen) atoms. The van der Waals surface area contributed by atoms with Crippen molar-refractivity contribution in [1.29, 1.82) is 0 Å². The van der Waals surface area contributed by atoms with Crippen molar-refractivity contribution in [2.75, 3.05) is 25.0 Å². The van der Waals surface area contributed by atoms with E-state index in [4.69, 9.17) is 21.9 Å². The summed E-state index contributed by atoms with van der Waals surface area (Å²) in [5.74, 6) is 0.392. The number of guanidine groups is 2. The molecular weight excluding hydrogens is 358 g/mol. The fourth-order valence-corrected chi connectivity index (χ4v) is 2.85. The number of nitrogens with one attached hydrogen (secondary N) is 1. The number of piperidine rings is 1. The van der Waals surface area contributed by atoms with E-state index < -0.39 is 5.60 Å². The number of benzene rings is 1. The molecule has 1 saturated heterocycles. The zero-order valence-corrected chi connectivity index (χ0v) is 16.8. The van der Waals surface area contributed by atoms with E-state index in [1.807, 2.05) is 45.0 Å². The number of aliphatic imine (C=N–C) groups is 2. The van der Waals surface area contributed by atoms with Gasteiger partial charge in [0.1, 0.15) is 5.60 Å². The lowest BCUT2D eigenvalue weighted by Crippen LogP contribution is -2.42. The fourth-order valence-electron chi connectivity index (χ4n) is 2.85. The highest BCUT2D eigenvalue weighted by Crippen LogP contribution is 2.21. The van der Waals surface area contributed by atoms with Gasteiger partial charge in [-0.1, -0.05) is 0 Å². The monoisotopic (exact) mass is 389 g/mol. The number of hydrogen-bond acceptors (Lipinski definition) is 4. The Balaban J connectivity index is 1.78. The summed E-state index contributed by atoms with van der Waals surface area (Å²) in [6.45, 7) is 7.94. The first-order valence-electron chi connectivity index (χ1n) is 9.38. The molecular formula is C19H31N7O2. The highest BCUT2D eigenvalue weighted by atomic mass is 16.6. The summed E-state index contributed by atoms with van der Waals surface area (Å²) >= 11 is 0. The Kier molecular flexibility index (Phi) is 7.08. The molecule has 1 aliphatic rings. The number of amides is 1. The minimum absolute atomic E-state index is 0.0115. The normalized spacial score (nSPS) is 15.8. The van der Waals surface area contributed by atoms with Gasteiger partial charge in [-0.25, -0.2) is 9.79 Å². The van der Waals surface area contributed by atoms with Gasteiger partial charge in [-0.2, -0.15) is 4.99 Å². The van der Waals surface area contributed by atoms with Gasteiger partial charge in [0, 0.05) is 25.3 Å². The van der Waals surface area contributed by atoms with Crippen molar-refractivity contribution < 1.29 is 9.53 Å². The van der Waals surface area contributed by atoms with E-state index in [-0.39, 0.29) is 18.0 Å². The third kappa shape index (κ3) is 7.34. The lowest BCUT2D eigenvalue weighted by molar-refractivity contribution is 0.0188. The van der Waals surface area contributed by atoms with Crippen LogP contribution in [0.4, 0.5) is 16.2 Å². The maximum Gasteiger partial charge on any atom is 0.410 e. The molecule has 1 aromatic rings. The maximum absolute atomic E-state index is 12.1. The molecule has 1 amide bonds. The van der Waals surface area contributed by atoms with E-state index in [1.54, 1.807) is 4.90 Å². The number of ether oxygens (including phenoxy) is 1. The standard InChI is InChI=1S/C19H31N7O2/c1-19(2,3)28-18(27)26-10-8-13(9-11-26)12-23-14-4-6-15(7-5-14)24-17(22)25-16(20)21/h4-7,13,23H,8-12H2,1-3H3,(H6,20,21,22,24,25). The topological polar surface area (TPSA) is 144 Å². The zero-order chi connectivity index (χ0) is 20.7. The summed E-state index contributed by atoms with van der Waals surface area (Å²) in [5.41, 5.74) is 17.3. The molecule has 0 aromatic heterocycles. The molecule has 154 valence electrons. The number of anilines is 1. The lowest BCUT2D eigenvalue weighted by atomic mass is 9.97.